The molecule has 0 aliphatic carbocycles. The Morgan fingerprint density at radius 2 is 1.74 bits per heavy atom. The molecular weight excluding hydrogens is 283 g/mol. The highest BCUT2D eigenvalue weighted by atomic mass is 35.5. The van der Waals surface area contributed by atoms with E-state index in [9.17, 15) is 18.0 Å². The van der Waals surface area contributed by atoms with E-state index in [2.05, 4.69) is 4.74 Å². The summed E-state index contributed by atoms with van der Waals surface area (Å²) in [5.41, 5.74) is 3.63. The second-order valence-electron chi connectivity index (χ2n) is 4.45. The number of halogens is 4. The third-order valence-corrected chi connectivity index (χ3v) is 2.88. The second-order valence-corrected chi connectivity index (χ2v) is 4.45. The van der Waals surface area contributed by atoms with Gasteiger partial charge < -0.3 is 10.5 Å². The highest BCUT2D eigenvalue weighted by Crippen LogP contribution is 2.35. The van der Waals surface area contributed by atoms with Gasteiger partial charge in [0.1, 0.15) is 5.82 Å². The number of carbonyl (C=O) groups is 1. The van der Waals surface area contributed by atoms with Gasteiger partial charge in [-0.1, -0.05) is 0 Å². The van der Waals surface area contributed by atoms with Gasteiger partial charge in [0.05, 0.1) is 18.6 Å². The van der Waals surface area contributed by atoms with E-state index in [1.165, 1.54) is 13.8 Å². The molecule has 0 radical (unpaired) electrons. The normalized spacial score (nSPS) is 12.6. The highest BCUT2D eigenvalue weighted by molar-refractivity contribution is 5.85. The maximum absolute atomic E-state index is 13.6. The Kier molecular flexibility index (Phi) is 5.83. The van der Waals surface area contributed by atoms with Crippen LogP contribution in [0.2, 0.25) is 0 Å². The quantitative estimate of drug-likeness (QED) is 0.689. The van der Waals surface area contributed by atoms with E-state index < -0.39 is 40.4 Å². The van der Waals surface area contributed by atoms with Gasteiger partial charge in [0, 0.05) is 5.56 Å². The van der Waals surface area contributed by atoms with Crippen LogP contribution in [-0.4, -0.2) is 13.1 Å². The van der Waals surface area contributed by atoms with Crippen LogP contribution in [0, 0.1) is 22.9 Å². The first kappa shape index (κ1) is 17.7. The standard InChI is InChI=1S/C12H14F3NO2.ClH/c1-12(2,11(17)18-3)10(16)8-6(13)4-5-7(14)9(8)15;/h4-5,10H,16H2,1-3H3;1H/t10-;/m0./s1. The van der Waals surface area contributed by atoms with E-state index in [-0.39, 0.29) is 12.4 Å². The van der Waals surface area contributed by atoms with Crippen molar-refractivity contribution in [2.45, 2.75) is 19.9 Å². The van der Waals surface area contributed by atoms with Crippen molar-refractivity contribution in [3.63, 3.8) is 0 Å². The van der Waals surface area contributed by atoms with E-state index in [1.807, 2.05) is 0 Å². The third-order valence-electron chi connectivity index (χ3n) is 2.88. The summed E-state index contributed by atoms with van der Waals surface area (Å²) in [5.74, 6) is -4.35. The smallest absolute Gasteiger partial charge is 0.313 e. The maximum atomic E-state index is 13.6. The molecule has 1 aromatic rings. The number of nitrogens with two attached hydrogens (primary N) is 1. The van der Waals surface area contributed by atoms with Gasteiger partial charge in [0.25, 0.3) is 0 Å². The van der Waals surface area contributed by atoms with Crippen LogP contribution in [0.15, 0.2) is 12.1 Å². The van der Waals surface area contributed by atoms with Crippen LogP contribution in [0.5, 0.6) is 0 Å². The van der Waals surface area contributed by atoms with E-state index in [0.29, 0.717) is 6.07 Å². The van der Waals surface area contributed by atoms with Crippen LogP contribution in [0.4, 0.5) is 13.2 Å². The van der Waals surface area contributed by atoms with Crippen LogP contribution in [-0.2, 0) is 9.53 Å². The van der Waals surface area contributed by atoms with Crippen molar-refractivity contribution in [3.05, 3.63) is 35.1 Å². The van der Waals surface area contributed by atoms with Gasteiger partial charge in [0.15, 0.2) is 11.6 Å². The molecule has 0 saturated carbocycles. The number of rotatable bonds is 3. The molecule has 108 valence electrons. The zero-order valence-corrected chi connectivity index (χ0v) is 11.5. The maximum Gasteiger partial charge on any atom is 0.313 e. The molecule has 0 bridgehead atoms. The number of hydrogen-bond acceptors (Lipinski definition) is 3. The molecule has 1 aromatic carbocycles. The topological polar surface area (TPSA) is 52.3 Å². The van der Waals surface area contributed by atoms with Crippen molar-refractivity contribution in [2.24, 2.45) is 11.1 Å². The molecule has 0 unspecified atom stereocenters. The Morgan fingerprint density at radius 1 is 1.26 bits per heavy atom. The Hall–Kier alpha value is -1.27. The molecule has 7 heteroatoms. The van der Waals surface area contributed by atoms with Crippen LogP contribution < -0.4 is 5.73 Å². The predicted octanol–water partition coefficient (Wildman–Crippen LogP) is 2.72. The Morgan fingerprint density at radius 3 is 2.21 bits per heavy atom. The summed E-state index contributed by atoms with van der Waals surface area (Å²) in [7, 11) is 1.13. The molecule has 0 fully saturated rings. The summed E-state index contributed by atoms with van der Waals surface area (Å²) in [6.45, 7) is 2.74. The summed E-state index contributed by atoms with van der Waals surface area (Å²) in [6.07, 6.45) is 0. The lowest BCUT2D eigenvalue weighted by Crippen LogP contribution is -2.38. The minimum atomic E-state index is -1.39. The van der Waals surface area contributed by atoms with Crippen molar-refractivity contribution in [1.82, 2.24) is 0 Å². The molecule has 0 amide bonds. The SMILES string of the molecule is COC(=O)C(C)(C)[C@@H](N)c1c(F)ccc(F)c1F.Cl. The Labute approximate surface area is 115 Å². The van der Waals surface area contributed by atoms with E-state index in [4.69, 9.17) is 5.73 Å². The molecule has 0 heterocycles. The molecule has 19 heavy (non-hydrogen) atoms. The number of methoxy groups -OCH3 is 1. The summed E-state index contributed by atoms with van der Waals surface area (Å²) in [6, 6.07) is 0.0631. The Balaban J connectivity index is 0.00000324. The summed E-state index contributed by atoms with van der Waals surface area (Å²) in [5, 5.41) is 0. The average molecular weight is 298 g/mol. The van der Waals surface area contributed by atoms with E-state index >= 15 is 0 Å². The fourth-order valence-electron chi connectivity index (χ4n) is 1.58. The summed E-state index contributed by atoms with van der Waals surface area (Å²) >= 11 is 0. The molecule has 0 saturated heterocycles. The molecule has 0 spiro atoms. The number of hydrogen-bond donors (Lipinski definition) is 1. The van der Waals surface area contributed by atoms with Crippen LogP contribution >= 0.6 is 12.4 Å². The molecule has 3 nitrogen and oxygen atoms in total. The summed E-state index contributed by atoms with van der Waals surface area (Å²) < 4.78 is 44.7. The van der Waals surface area contributed by atoms with E-state index in [1.54, 1.807) is 0 Å². The molecule has 0 aromatic heterocycles. The fourth-order valence-corrected chi connectivity index (χ4v) is 1.58. The van der Waals surface area contributed by atoms with Gasteiger partial charge in [-0.15, -0.1) is 12.4 Å². The molecule has 0 aliphatic rings. The third kappa shape index (κ3) is 3.19. The first-order chi connectivity index (χ1) is 8.23. The van der Waals surface area contributed by atoms with Crippen LogP contribution in [0.25, 0.3) is 0 Å². The summed E-state index contributed by atoms with van der Waals surface area (Å²) in [4.78, 5) is 11.5. The molecule has 0 aliphatic heterocycles. The molecule has 1 rings (SSSR count). The molecule has 2 N–H and O–H groups in total. The number of esters is 1. The van der Waals surface area contributed by atoms with Gasteiger partial charge in [0.2, 0.25) is 0 Å². The van der Waals surface area contributed by atoms with Gasteiger partial charge >= 0.3 is 5.97 Å². The molecule has 1 atom stereocenters. The van der Waals surface area contributed by atoms with Crippen LogP contribution in [0.3, 0.4) is 0 Å². The fraction of sp³-hybridized carbons (Fsp3) is 0.417. The van der Waals surface area contributed by atoms with Gasteiger partial charge in [-0.25, -0.2) is 13.2 Å². The minimum absolute atomic E-state index is 0. The van der Waals surface area contributed by atoms with Gasteiger partial charge in [-0.05, 0) is 26.0 Å². The lowest BCUT2D eigenvalue weighted by Gasteiger charge is -2.29. The first-order valence-electron chi connectivity index (χ1n) is 5.20. The van der Waals surface area contributed by atoms with Gasteiger partial charge in [-0.3, -0.25) is 4.79 Å². The highest BCUT2D eigenvalue weighted by Gasteiger charge is 2.39. The monoisotopic (exact) mass is 297 g/mol. The van der Waals surface area contributed by atoms with Crippen LogP contribution in [0.1, 0.15) is 25.5 Å². The molecular formula is C12H15ClF3NO2. The lowest BCUT2D eigenvalue weighted by molar-refractivity contribution is -0.152. The second kappa shape index (κ2) is 6.25. The van der Waals surface area contributed by atoms with Crippen molar-refractivity contribution in [1.29, 1.82) is 0 Å². The van der Waals surface area contributed by atoms with Crippen molar-refractivity contribution in [2.75, 3.05) is 7.11 Å². The predicted molar refractivity (Wildman–Crippen MR) is 66.3 cm³/mol. The zero-order chi connectivity index (χ0) is 14.1. The minimum Gasteiger partial charge on any atom is -0.469 e. The van der Waals surface area contributed by atoms with Crippen molar-refractivity contribution in [3.8, 4) is 0 Å². The average Bonchev–Trinajstić information content (AvgIpc) is 2.33. The number of ether oxygens (including phenoxy) is 1. The van der Waals surface area contributed by atoms with Gasteiger partial charge in [-0.2, -0.15) is 0 Å². The largest absolute Gasteiger partial charge is 0.469 e. The number of carbonyl (C=O) groups excluding carboxylic acids is 1. The van der Waals surface area contributed by atoms with Crippen molar-refractivity contribution < 1.29 is 22.7 Å². The zero-order valence-electron chi connectivity index (χ0n) is 10.7. The number of benzene rings is 1. The first-order valence-corrected chi connectivity index (χ1v) is 5.20. The Bertz CT molecular complexity index is 480. The lowest BCUT2D eigenvalue weighted by atomic mass is 9.80. The van der Waals surface area contributed by atoms with E-state index in [0.717, 1.165) is 13.2 Å². The van der Waals surface area contributed by atoms with Crippen molar-refractivity contribution >= 4 is 18.4 Å².